The van der Waals surface area contributed by atoms with E-state index in [1.807, 2.05) is 6.07 Å². The number of carboxylic acids is 1. The van der Waals surface area contributed by atoms with E-state index in [0.29, 0.717) is 5.57 Å². The number of rotatable bonds is 2. The highest BCUT2D eigenvalue weighted by atomic mass is 16.4. The highest BCUT2D eigenvalue weighted by molar-refractivity contribution is 5.84. The summed E-state index contributed by atoms with van der Waals surface area (Å²) in [6.07, 6.45) is 3.28. The zero-order valence-corrected chi connectivity index (χ0v) is 9.29. The highest BCUT2D eigenvalue weighted by Gasteiger charge is 1.90. The molecule has 0 atom stereocenters. The van der Waals surface area contributed by atoms with Crippen molar-refractivity contribution in [2.45, 2.75) is 13.8 Å². The molecule has 0 aliphatic carbocycles. The largest absolute Gasteiger partial charge is 0.478 e. The lowest BCUT2D eigenvalue weighted by Gasteiger charge is -1.79. The molecule has 0 spiro atoms. The van der Waals surface area contributed by atoms with Crippen LogP contribution in [-0.4, -0.2) is 11.1 Å². The first-order valence-electron chi connectivity index (χ1n) is 4.01. The van der Waals surface area contributed by atoms with Gasteiger partial charge in [0.15, 0.2) is 0 Å². The molecule has 82 valence electrons. The Labute approximate surface area is 91.4 Å². The molecule has 3 heteroatoms. The van der Waals surface area contributed by atoms with E-state index in [1.165, 1.54) is 6.92 Å². The molecule has 15 heavy (non-hydrogen) atoms. The van der Waals surface area contributed by atoms with Gasteiger partial charge >= 0.3 is 5.97 Å². The molecular weight excluding hydrogens is 190 g/mol. The van der Waals surface area contributed by atoms with Crippen molar-refractivity contribution in [1.29, 1.82) is 5.26 Å². The van der Waals surface area contributed by atoms with Crippen molar-refractivity contribution in [3.05, 3.63) is 49.6 Å². The molecule has 0 aromatic rings. The summed E-state index contributed by atoms with van der Waals surface area (Å²) in [5, 5.41) is 15.7. The first kappa shape index (κ1) is 18.7. The van der Waals surface area contributed by atoms with E-state index in [0.717, 1.165) is 0 Å². The Kier molecular flexibility index (Phi) is 18.0. The summed E-state index contributed by atoms with van der Waals surface area (Å²) in [5.41, 5.74) is 0.736. The lowest BCUT2D eigenvalue weighted by Crippen LogP contribution is -1.92. The van der Waals surface area contributed by atoms with E-state index in [-0.39, 0.29) is 5.57 Å². The van der Waals surface area contributed by atoms with Crippen molar-refractivity contribution >= 4 is 5.97 Å². The number of carbonyl (C=O) groups is 1. The Morgan fingerprint density at radius 1 is 1.27 bits per heavy atom. The molecule has 0 unspecified atom stereocenters. The number of hydrogen-bond donors (Lipinski definition) is 1. The summed E-state index contributed by atoms with van der Waals surface area (Å²) in [5.74, 6) is -0.935. The molecule has 1 N–H and O–H groups in total. The number of allylic oxidation sites excluding steroid dienone is 3. The molecule has 0 aliphatic heterocycles. The summed E-state index contributed by atoms with van der Waals surface area (Å²) in [6.45, 7) is 16.3. The smallest absolute Gasteiger partial charge is 0.330 e. The molecule has 0 bridgehead atoms. The fourth-order valence-corrected chi connectivity index (χ4v) is 0. The van der Waals surface area contributed by atoms with Crippen LogP contribution in [-0.2, 0) is 4.79 Å². The average molecular weight is 207 g/mol. The maximum atomic E-state index is 9.60. The zero-order valence-electron chi connectivity index (χ0n) is 9.29. The lowest BCUT2D eigenvalue weighted by atomic mass is 10.4. The third kappa shape index (κ3) is 48.5. The standard InChI is InChI=1S/C4H5N.C4H6O2.C4H6/c1-4(2)3-5;1-3(2)4(5)6;1-3-4-2/h1H2,2H3;1H2,2H3,(H,5,6);3-4H,1-2H2. The van der Waals surface area contributed by atoms with Gasteiger partial charge in [-0.3, -0.25) is 0 Å². The van der Waals surface area contributed by atoms with Crippen LogP contribution in [0, 0.1) is 11.3 Å². The maximum Gasteiger partial charge on any atom is 0.330 e. The SMILES string of the molecule is C=C(C)C#N.C=C(C)C(=O)O.C=CC=C. The molecule has 0 amide bonds. The van der Waals surface area contributed by atoms with E-state index >= 15 is 0 Å². The van der Waals surface area contributed by atoms with Crippen LogP contribution in [0.3, 0.4) is 0 Å². The number of nitriles is 1. The minimum Gasteiger partial charge on any atom is -0.478 e. The van der Waals surface area contributed by atoms with Crippen LogP contribution in [0.1, 0.15) is 13.8 Å². The molecule has 0 saturated heterocycles. The van der Waals surface area contributed by atoms with Gasteiger partial charge in [0.2, 0.25) is 0 Å². The fraction of sp³-hybridized carbons (Fsp3) is 0.167. The molecule has 0 aliphatic rings. The van der Waals surface area contributed by atoms with E-state index in [2.05, 4.69) is 26.3 Å². The van der Waals surface area contributed by atoms with Gasteiger partial charge in [-0.15, -0.1) is 0 Å². The van der Waals surface area contributed by atoms with E-state index < -0.39 is 5.97 Å². The van der Waals surface area contributed by atoms with Crippen molar-refractivity contribution in [3.63, 3.8) is 0 Å². The van der Waals surface area contributed by atoms with Crippen LogP contribution in [0.15, 0.2) is 49.6 Å². The van der Waals surface area contributed by atoms with Gasteiger partial charge in [0, 0.05) is 11.1 Å². The van der Waals surface area contributed by atoms with Crippen LogP contribution in [0.5, 0.6) is 0 Å². The number of carboxylic acid groups (broad SMARTS) is 1. The first-order chi connectivity index (χ1) is 6.83. The number of nitrogens with zero attached hydrogens (tertiary/aromatic N) is 1. The third-order valence-corrected chi connectivity index (χ3v) is 0.723. The third-order valence-electron chi connectivity index (χ3n) is 0.723. The first-order valence-corrected chi connectivity index (χ1v) is 4.01. The van der Waals surface area contributed by atoms with Crippen LogP contribution in [0.2, 0.25) is 0 Å². The van der Waals surface area contributed by atoms with Gasteiger partial charge in [-0.05, 0) is 13.8 Å². The summed E-state index contributed by atoms with van der Waals surface area (Å²) in [4.78, 5) is 9.60. The average Bonchev–Trinajstić information content (AvgIpc) is 2.19. The van der Waals surface area contributed by atoms with Crippen molar-refractivity contribution in [2.75, 3.05) is 0 Å². The summed E-state index contributed by atoms with van der Waals surface area (Å²) in [7, 11) is 0. The molecule has 0 fully saturated rings. The molecule has 0 aromatic heterocycles. The predicted molar refractivity (Wildman–Crippen MR) is 63.3 cm³/mol. The molecule has 0 heterocycles. The van der Waals surface area contributed by atoms with Crippen molar-refractivity contribution in [2.24, 2.45) is 0 Å². The Morgan fingerprint density at radius 3 is 1.47 bits per heavy atom. The normalized spacial score (nSPS) is 6.20. The second-order valence-electron chi connectivity index (χ2n) is 2.45. The van der Waals surface area contributed by atoms with Crippen LogP contribution in [0.25, 0.3) is 0 Å². The minimum atomic E-state index is -0.935. The van der Waals surface area contributed by atoms with Gasteiger partial charge in [-0.2, -0.15) is 5.26 Å². The van der Waals surface area contributed by atoms with Crippen LogP contribution < -0.4 is 0 Å². The molecular formula is C12H17NO2. The van der Waals surface area contributed by atoms with Crippen molar-refractivity contribution in [3.8, 4) is 6.07 Å². The second-order valence-corrected chi connectivity index (χ2v) is 2.45. The molecule has 0 aromatic carbocycles. The van der Waals surface area contributed by atoms with Gasteiger partial charge in [0.1, 0.15) is 0 Å². The molecule has 0 rings (SSSR count). The second kappa shape index (κ2) is 14.4. The number of aliphatic carboxylic acids is 1. The Morgan fingerprint density at radius 2 is 1.47 bits per heavy atom. The van der Waals surface area contributed by atoms with Gasteiger partial charge in [-0.25, -0.2) is 4.79 Å². The predicted octanol–water partition coefficient (Wildman–Crippen LogP) is 3.09. The zero-order chi connectivity index (χ0) is 12.9. The molecule has 3 nitrogen and oxygen atoms in total. The molecule has 0 saturated carbocycles. The van der Waals surface area contributed by atoms with E-state index in [1.54, 1.807) is 19.1 Å². The Hall–Kier alpha value is -2.08. The van der Waals surface area contributed by atoms with Gasteiger partial charge < -0.3 is 5.11 Å². The Bertz CT molecular complexity index is 264. The quantitative estimate of drug-likeness (QED) is 0.430. The van der Waals surface area contributed by atoms with Gasteiger partial charge in [-0.1, -0.05) is 38.5 Å². The maximum absolute atomic E-state index is 9.60. The topological polar surface area (TPSA) is 61.1 Å². The monoisotopic (exact) mass is 207 g/mol. The van der Waals surface area contributed by atoms with Crippen molar-refractivity contribution < 1.29 is 9.90 Å². The van der Waals surface area contributed by atoms with Crippen molar-refractivity contribution in [1.82, 2.24) is 0 Å². The van der Waals surface area contributed by atoms with Gasteiger partial charge in [0.25, 0.3) is 0 Å². The number of hydrogen-bond acceptors (Lipinski definition) is 2. The Balaban J connectivity index is -0.000000147. The molecule has 0 radical (unpaired) electrons. The van der Waals surface area contributed by atoms with Crippen LogP contribution in [0.4, 0.5) is 0 Å². The van der Waals surface area contributed by atoms with Crippen LogP contribution >= 0.6 is 0 Å². The lowest BCUT2D eigenvalue weighted by molar-refractivity contribution is -0.132. The van der Waals surface area contributed by atoms with Gasteiger partial charge in [0.05, 0.1) is 6.07 Å². The highest BCUT2D eigenvalue weighted by Crippen LogP contribution is 1.81. The van der Waals surface area contributed by atoms with E-state index in [4.69, 9.17) is 10.4 Å². The summed E-state index contributed by atoms with van der Waals surface area (Å²) < 4.78 is 0. The fourth-order valence-electron chi connectivity index (χ4n) is 0. The summed E-state index contributed by atoms with van der Waals surface area (Å²) >= 11 is 0. The summed E-state index contributed by atoms with van der Waals surface area (Å²) in [6, 6.07) is 1.83. The minimum absolute atomic E-state index is 0.176. The van der Waals surface area contributed by atoms with E-state index in [9.17, 15) is 4.79 Å².